The van der Waals surface area contributed by atoms with E-state index in [1.54, 1.807) is 48.3 Å². The number of hydrogen-bond donors (Lipinski definition) is 0. The van der Waals surface area contributed by atoms with E-state index in [0.29, 0.717) is 47.1 Å². The first-order valence-corrected chi connectivity index (χ1v) is 15.1. The lowest BCUT2D eigenvalue weighted by atomic mass is 10.2. The van der Waals surface area contributed by atoms with E-state index in [1.165, 1.54) is 11.8 Å². The molecule has 1 unspecified atom stereocenters. The Morgan fingerprint density at radius 1 is 0.907 bits per heavy atom. The van der Waals surface area contributed by atoms with Crippen LogP contribution in [0.25, 0.3) is 17.1 Å². The molecule has 1 atom stereocenters. The van der Waals surface area contributed by atoms with Gasteiger partial charge in [0.1, 0.15) is 17.2 Å². The van der Waals surface area contributed by atoms with Gasteiger partial charge in [0.15, 0.2) is 17.6 Å². The quantitative estimate of drug-likeness (QED) is 0.232. The van der Waals surface area contributed by atoms with Crippen LogP contribution in [0.1, 0.15) is 6.92 Å². The molecule has 1 fully saturated rings. The van der Waals surface area contributed by atoms with Crippen LogP contribution >= 0.6 is 23.4 Å². The fourth-order valence-corrected chi connectivity index (χ4v) is 5.79. The third-order valence-electron chi connectivity index (χ3n) is 7.09. The van der Waals surface area contributed by atoms with Gasteiger partial charge in [0.05, 0.1) is 20.0 Å². The highest BCUT2D eigenvalue weighted by Crippen LogP contribution is 2.31. The third-order valence-corrected chi connectivity index (χ3v) is 8.26. The Morgan fingerprint density at radius 3 is 2.33 bits per heavy atom. The molecule has 2 amide bonds. The number of methoxy groups -OCH3 is 2. The predicted octanol–water partition coefficient (Wildman–Crippen LogP) is 4.84. The molecule has 1 aliphatic rings. The van der Waals surface area contributed by atoms with E-state index in [1.807, 2.05) is 60.0 Å². The van der Waals surface area contributed by atoms with Gasteiger partial charge in [-0.25, -0.2) is 0 Å². The number of hydrogen-bond acceptors (Lipinski definition) is 8. The summed E-state index contributed by atoms with van der Waals surface area (Å²) in [6, 6.07) is 21.9. The van der Waals surface area contributed by atoms with Crippen LogP contribution in [0.3, 0.4) is 0 Å². The smallest absolute Gasteiger partial charge is 0.260 e. The lowest BCUT2D eigenvalue weighted by Gasteiger charge is -2.39. The van der Waals surface area contributed by atoms with Gasteiger partial charge in [-0.1, -0.05) is 35.5 Å². The zero-order valence-corrected chi connectivity index (χ0v) is 25.7. The fourth-order valence-electron chi connectivity index (χ4n) is 4.81. The standard InChI is InChI=1S/C31H32ClN5O5S/c1-21-18-35(15-16-36(21)28(38)19-42-26-11-7-23(32)8-12-26)29(39)20-43-31-34-33-30(22-5-4-6-27(17-22)41-3)37(31)24-9-13-25(40-2)14-10-24/h4-14,17,21H,15-16,18-20H2,1-3H3. The molecule has 1 aliphatic heterocycles. The number of ether oxygens (including phenoxy) is 3. The van der Waals surface area contributed by atoms with E-state index in [4.69, 9.17) is 25.8 Å². The monoisotopic (exact) mass is 621 g/mol. The Balaban J connectivity index is 1.24. The van der Waals surface area contributed by atoms with Crippen LogP contribution < -0.4 is 14.2 Å². The number of piperazine rings is 1. The molecule has 1 saturated heterocycles. The molecule has 3 aromatic carbocycles. The summed E-state index contributed by atoms with van der Waals surface area (Å²) < 4.78 is 18.3. The summed E-state index contributed by atoms with van der Waals surface area (Å²) in [6.07, 6.45) is 0. The second kappa shape index (κ2) is 13.8. The predicted molar refractivity (Wildman–Crippen MR) is 165 cm³/mol. The average Bonchev–Trinajstić information content (AvgIpc) is 3.47. The number of nitrogens with zero attached hydrogens (tertiary/aromatic N) is 5. The van der Waals surface area contributed by atoms with E-state index < -0.39 is 0 Å². The highest BCUT2D eigenvalue weighted by atomic mass is 35.5. The number of aromatic nitrogens is 3. The minimum absolute atomic E-state index is 0.0337. The Labute approximate surface area is 259 Å². The topological polar surface area (TPSA) is 99.0 Å². The first kappa shape index (κ1) is 30.2. The van der Waals surface area contributed by atoms with Gasteiger partial charge < -0.3 is 24.0 Å². The molecule has 0 spiro atoms. The van der Waals surface area contributed by atoms with Crippen molar-refractivity contribution in [2.45, 2.75) is 18.1 Å². The lowest BCUT2D eigenvalue weighted by molar-refractivity contribution is -0.142. The van der Waals surface area contributed by atoms with Crippen molar-refractivity contribution in [1.82, 2.24) is 24.6 Å². The number of benzene rings is 3. The van der Waals surface area contributed by atoms with E-state index in [2.05, 4.69) is 10.2 Å². The number of carbonyl (C=O) groups is 2. The Kier molecular flexibility index (Phi) is 9.73. The maximum atomic E-state index is 13.3. The summed E-state index contributed by atoms with van der Waals surface area (Å²) in [6.45, 7) is 3.17. The van der Waals surface area contributed by atoms with Crippen LogP contribution in [-0.2, 0) is 9.59 Å². The minimum Gasteiger partial charge on any atom is -0.497 e. The molecular formula is C31H32ClN5O5S. The Bertz CT molecular complexity index is 1560. The third kappa shape index (κ3) is 7.23. The average molecular weight is 622 g/mol. The van der Waals surface area contributed by atoms with Gasteiger partial charge in [0, 0.05) is 41.9 Å². The van der Waals surface area contributed by atoms with Gasteiger partial charge in [0.25, 0.3) is 5.91 Å². The van der Waals surface area contributed by atoms with Gasteiger partial charge in [-0.2, -0.15) is 0 Å². The van der Waals surface area contributed by atoms with Crippen LogP contribution in [0.4, 0.5) is 0 Å². The van der Waals surface area contributed by atoms with Gasteiger partial charge in [-0.05, 0) is 67.6 Å². The van der Waals surface area contributed by atoms with Crippen LogP contribution in [0.15, 0.2) is 78.0 Å². The molecule has 5 rings (SSSR count). The molecular weight excluding hydrogens is 590 g/mol. The van der Waals surface area contributed by atoms with E-state index in [0.717, 1.165) is 17.0 Å². The maximum absolute atomic E-state index is 13.3. The van der Waals surface area contributed by atoms with Crippen LogP contribution in [0.2, 0.25) is 5.02 Å². The van der Waals surface area contributed by atoms with Crippen molar-refractivity contribution in [3.63, 3.8) is 0 Å². The second-order valence-corrected chi connectivity index (χ2v) is 11.3. The van der Waals surface area contributed by atoms with Crippen molar-refractivity contribution in [2.24, 2.45) is 0 Å². The lowest BCUT2D eigenvalue weighted by Crippen LogP contribution is -2.56. The minimum atomic E-state index is -0.147. The summed E-state index contributed by atoms with van der Waals surface area (Å²) in [7, 11) is 3.24. The van der Waals surface area contributed by atoms with Crippen LogP contribution in [0, 0.1) is 0 Å². The number of rotatable bonds is 10. The van der Waals surface area contributed by atoms with Gasteiger partial charge in [-0.15, -0.1) is 10.2 Å². The molecule has 0 aliphatic carbocycles. The van der Waals surface area contributed by atoms with Crippen molar-refractivity contribution >= 4 is 35.2 Å². The number of carbonyl (C=O) groups excluding carboxylic acids is 2. The number of halogens is 1. The summed E-state index contributed by atoms with van der Waals surface area (Å²) in [4.78, 5) is 29.7. The maximum Gasteiger partial charge on any atom is 0.260 e. The molecule has 1 aromatic heterocycles. The van der Waals surface area contributed by atoms with E-state index in [-0.39, 0.29) is 30.2 Å². The molecule has 0 saturated carbocycles. The molecule has 4 aromatic rings. The zero-order chi connectivity index (χ0) is 30.3. The molecule has 0 radical (unpaired) electrons. The largest absolute Gasteiger partial charge is 0.497 e. The van der Waals surface area contributed by atoms with Crippen molar-refractivity contribution in [1.29, 1.82) is 0 Å². The first-order valence-electron chi connectivity index (χ1n) is 13.7. The molecule has 10 nitrogen and oxygen atoms in total. The summed E-state index contributed by atoms with van der Waals surface area (Å²) in [5, 5.41) is 10.1. The van der Waals surface area contributed by atoms with E-state index >= 15 is 0 Å². The van der Waals surface area contributed by atoms with Crippen molar-refractivity contribution < 1.29 is 23.8 Å². The van der Waals surface area contributed by atoms with Crippen LogP contribution in [-0.4, -0.2) is 88.6 Å². The van der Waals surface area contributed by atoms with Crippen molar-refractivity contribution in [3.8, 4) is 34.3 Å². The summed E-state index contributed by atoms with van der Waals surface area (Å²) in [5.41, 5.74) is 1.66. The number of amides is 2. The molecule has 0 bridgehead atoms. The van der Waals surface area contributed by atoms with Gasteiger partial charge >= 0.3 is 0 Å². The Hall–Kier alpha value is -4.22. The molecule has 224 valence electrons. The van der Waals surface area contributed by atoms with Crippen molar-refractivity contribution in [2.75, 3.05) is 46.2 Å². The highest BCUT2D eigenvalue weighted by molar-refractivity contribution is 7.99. The second-order valence-electron chi connectivity index (χ2n) is 9.88. The molecule has 2 heterocycles. The SMILES string of the molecule is COc1ccc(-n2c(SCC(=O)N3CCN(C(=O)COc4ccc(Cl)cc4)C(C)C3)nnc2-c2cccc(OC)c2)cc1. The van der Waals surface area contributed by atoms with Gasteiger partial charge in [0.2, 0.25) is 5.91 Å². The summed E-state index contributed by atoms with van der Waals surface area (Å²) >= 11 is 7.23. The molecule has 43 heavy (non-hydrogen) atoms. The summed E-state index contributed by atoms with van der Waals surface area (Å²) in [5.74, 6) is 2.65. The molecule has 12 heteroatoms. The fraction of sp³-hybridized carbons (Fsp3) is 0.290. The number of thioether (sulfide) groups is 1. The van der Waals surface area contributed by atoms with Gasteiger partial charge in [-0.3, -0.25) is 14.2 Å². The van der Waals surface area contributed by atoms with Crippen LogP contribution in [0.5, 0.6) is 17.2 Å². The zero-order valence-electron chi connectivity index (χ0n) is 24.1. The Morgan fingerprint density at radius 2 is 1.63 bits per heavy atom. The van der Waals surface area contributed by atoms with E-state index in [9.17, 15) is 9.59 Å². The van der Waals surface area contributed by atoms with Crippen molar-refractivity contribution in [3.05, 3.63) is 77.8 Å². The normalized spacial score (nSPS) is 14.8. The first-order chi connectivity index (χ1) is 20.9. The highest BCUT2D eigenvalue weighted by Gasteiger charge is 2.30. The molecule has 0 N–H and O–H groups in total.